The first-order chi connectivity index (χ1) is 9.63. The summed E-state index contributed by atoms with van der Waals surface area (Å²) in [5, 5.41) is 3.05. The Hall–Kier alpha value is -1.11. The smallest absolute Gasteiger partial charge is 0.133 e. The highest BCUT2D eigenvalue weighted by Crippen LogP contribution is 2.27. The molecule has 0 amide bonds. The van der Waals surface area contributed by atoms with Gasteiger partial charge in [0.2, 0.25) is 0 Å². The standard InChI is InChI=1S/C14H18F3NO2/c1-2-3-18-14(12-8-19-4-5-20-12)13-10(16)6-9(15)7-11(13)17/h6-7,12,14,18H,2-5,8H2,1H3. The minimum Gasteiger partial charge on any atom is -0.376 e. The minimum atomic E-state index is -0.932. The molecule has 1 aromatic carbocycles. The van der Waals surface area contributed by atoms with Crippen molar-refractivity contribution in [3.05, 3.63) is 35.1 Å². The Morgan fingerprint density at radius 3 is 2.50 bits per heavy atom. The Bertz CT molecular complexity index is 427. The Balaban J connectivity index is 2.29. The third-order valence-corrected chi connectivity index (χ3v) is 3.18. The summed E-state index contributed by atoms with van der Waals surface area (Å²) in [5.41, 5.74) is -0.199. The van der Waals surface area contributed by atoms with Gasteiger partial charge >= 0.3 is 0 Å². The van der Waals surface area contributed by atoms with Gasteiger partial charge in [-0.05, 0) is 13.0 Å². The van der Waals surface area contributed by atoms with E-state index in [1.165, 1.54) is 0 Å². The third kappa shape index (κ3) is 3.50. The van der Waals surface area contributed by atoms with Gasteiger partial charge in [-0.1, -0.05) is 6.92 Å². The zero-order valence-corrected chi connectivity index (χ0v) is 11.3. The van der Waals surface area contributed by atoms with E-state index in [1.54, 1.807) is 0 Å². The Morgan fingerprint density at radius 2 is 1.95 bits per heavy atom. The molecule has 0 bridgehead atoms. The molecular formula is C14H18F3NO2. The molecule has 6 heteroatoms. The molecule has 1 saturated heterocycles. The summed E-state index contributed by atoms with van der Waals surface area (Å²) in [4.78, 5) is 0. The summed E-state index contributed by atoms with van der Waals surface area (Å²) in [5.74, 6) is -2.76. The van der Waals surface area contributed by atoms with Crippen LogP contribution in [0, 0.1) is 17.5 Å². The number of benzene rings is 1. The second-order valence-corrected chi connectivity index (χ2v) is 4.70. The first-order valence-corrected chi connectivity index (χ1v) is 6.70. The van der Waals surface area contributed by atoms with Crippen LogP contribution in [0.1, 0.15) is 24.9 Å². The molecule has 2 rings (SSSR count). The largest absolute Gasteiger partial charge is 0.376 e. The topological polar surface area (TPSA) is 30.5 Å². The van der Waals surface area contributed by atoms with Crippen LogP contribution < -0.4 is 5.32 Å². The van der Waals surface area contributed by atoms with Crippen LogP contribution in [0.5, 0.6) is 0 Å². The average molecular weight is 289 g/mol. The van der Waals surface area contributed by atoms with E-state index < -0.39 is 29.6 Å². The Kier molecular flexibility index (Phi) is 5.39. The van der Waals surface area contributed by atoms with Crippen molar-refractivity contribution >= 4 is 0 Å². The monoisotopic (exact) mass is 289 g/mol. The molecule has 2 unspecified atom stereocenters. The summed E-state index contributed by atoms with van der Waals surface area (Å²) in [7, 11) is 0. The van der Waals surface area contributed by atoms with E-state index in [-0.39, 0.29) is 12.2 Å². The molecular weight excluding hydrogens is 271 g/mol. The molecule has 0 saturated carbocycles. The van der Waals surface area contributed by atoms with Crippen molar-refractivity contribution in [2.45, 2.75) is 25.5 Å². The van der Waals surface area contributed by atoms with Gasteiger partial charge < -0.3 is 14.8 Å². The van der Waals surface area contributed by atoms with E-state index in [9.17, 15) is 13.2 Å². The van der Waals surface area contributed by atoms with Gasteiger partial charge in [0.25, 0.3) is 0 Å². The minimum absolute atomic E-state index is 0.199. The number of hydrogen-bond donors (Lipinski definition) is 1. The molecule has 0 aliphatic carbocycles. The van der Waals surface area contributed by atoms with Crippen molar-refractivity contribution in [1.82, 2.24) is 5.32 Å². The van der Waals surface area contributed by atoms with Crippen molar-refractivity contribution in [1.29, 1.82) is 0 Å². The van der Waals surface area contributed by atoms with Crippen molar-refractivity contribution in [3.63, 3.8) is 0 Å². The molecule has 1 aromatic rings. The normalized spacial score (nSPS) is 20.9. The average Bonchev–Trinajstić information content (AvgIpc) is 2.42. The third-order valence-electron chi connectivity index (χ3n) is 3.18. The number of hydrogen-bond acceptors (Lipinski definition) is 3. The quantitative estimate of drug-likeness (QED) is 0.903. The Morgan fingerprint density at radius 1 is 1.25 bits per heavy atom. The van der Waals surface area contributed by atoms with E-state index in [1.807, 2.05) is 6.92 Å². The van der Waals surface area contributed by atoms with Gasteiger partial charge in [0.1, 0.15) is 23.6 Å². The molecule has 112 valence electrons. The summed E-state index contributed by atoms with van der Waals surface area (Å²) in [6.07, 6.45) is 0.305. The van der Waals surface area contributed by atoms with Gasteiger partial charge in [-0.25, -0.2) is 13.2 Å². The molecule has 20 heavy (non-hydrogen) atoms. The van der Waals surface area contributed by atoms with Crippen molar-refractivity contribution < 1.29 is 22.6 Å². The van der Waals surface area contributed by atoms with E-state index >= 15 is 0 Å². The lowest BCUT2D eigenvalue weighted by Gasteiger charge is -2.31. The second kappa shape index (κ2) is 7.06. The highest BCUT2D eigenvalue weighted by atomic mass is 19.1. The highest BCUT2D eigenvalue weighted by Gasteiger charge is 2.31. The maximum Gasteiger partial charge on any atom is 0.133 e. The van der Waals surface area contributed by atoms with E-state index in [4.69, 9.17) is 9.47 Å². The maximum absolute atomic E-state index is 13.9. The molecule has 1 N–H and O–H groups in total. The molecule has 0 spiro atoms. The lowest BCUT2D eigenvalue weighted by molar-refractivity contribution is -0.103. The number of halogens is 3. The molecule has 3 nitrogen and oxygen atoms in total. The van der Waals surface area contributed by atoms with Gasteiger partial charge in [-0.3, -0.25) is 0 Å². The van der Waals surface area contributed by atoms with Crippen LogP contribution in [0.2, 0.25) is 0 Å². The van der Waals surface area contributed by atoms with Gasteiger partial charge in [0, 0.05) is 17.7 Å². The van der Waals surface area contributed by atoms with Crippen LogP contribution in [-0.4, -0.2) is 32.5 Å². The van der Waals surface area contributed by atoms with Crippen LogP contribution in [0.15, 0.2) is 12.1 Å². The zero-order valence-electron chi connectivity index (χ0n) is 11.3. The fraction of sp³-hybridized carbons (Fsp3) is 0.571. The zero-order chi connectivity index (χ0) is 14.5. The number of rotatable bonds is 5. The van der Waals surface area contributed by atoms with Gasteiger partial charge in [-0.15, -0.1) is 0 Å². The van der Waals surface area contributed by atoms with Crippen LogP contribution >= 0.6 is 0 Å². The van der Waals surface area contributed by atoms with Crippen LogP contribution in [-0.2, 0) is 9.47 Å². The molecule has 1 aliphatic rings. The maximum atomic E-state index is 13.9. The van der Waals surface area contributed by atoms with Crippen LogP contribution in [0.25, 0.3) is 0 Å². The SMILES string of the molecule is CCCNC(c1c(F)cc(F)cc1F)C1COCCO1. The number of ether oxygens (including phenoxy) is 2. The summed E-state index contributed by atoms with van der Waals surface area (Å²) < 4.78 is 51.7. The summed E-state index contributed by atoms with van der Waals surface area (Å²) in [6.45, 7) is 3.60. The van der Waals surface area contributed by atoms with E-state index in [0.717, 1.165) is 6.42 Å². The van der Waals surface area contributed by atoms with Gasteiger partial charge in [-0.2, -0.15) is 0 Å². The van der Waals surface area contributed by atoms with Gasteiger partial charge in [0.15, 0.2) is 0 Å². The van der Waals surface area contributed by atoms with Crippen molar-refractivity contribution in [2.24, 2.45) is 0 Å². The predicted molar refractivity (Wildman–Crippen MR) is 67.9 cm³/mol. The summed E-state index contributed by atoms with van der Waals surface area (Å²) in [6, 6.07) is 0.668. The van der Waals surface area contributed by atoms with Crippen LogP contribution in [0.3, 0.4) is 0 Å². The van der Waals surface area contributed by atoms with Gasteiger partial charge in [0.05, 0.1) is 25.9 Å². The summed E-state index contributed by atoms with van der Waals surface area (Å²) >= 11 is 0. The first-order valence-electron chi connectivity index (χ1n) is 6.70. The lowest BCUT2D eigenvalue weighted by Crippen LogP contribution is -2.41. The first kappa shape index (κ1) is 15.3. The second-order valence-electron chi connectivity index (χ2n) is 4.70. The van der Waals surface area contributed by atoms with E-state index in [2.05, 4.69) is 5.32 Å². The predicted octanol–water partition coefficient (Wildman–Crippen LogP) is 2.56. The lowest BCUT2D eigenvalue weighted by atomic mass is 9.99. The van der Waals surface area contributed by atoms with E-state index in [0.29, 0.717) is 31.9 Å². The number of nitrogens with one attached hydrogen (secondary N) is 1. The molecule has 2 atom stereocenters. The molecule has 1 aliphatic heterocycles. The van der Waals surface area contributed by atoms with Crippen molar-refractivity contribution in [3.8, 4) is 0 Å². The van der Waals surface area contributed by atoms with Crippen LogP contribution in [0.4, 0.5) is 13.2 Å². The molecule has 0 radical (unpaired) electrons. The highest BCUT2D eigenvalue weighted by molar-refractivity contribution is 5.25. The fourth-order valence-corrected chi connectivity index (χ4v) is 2.27. The molecule has 0 aromatic heterocycles. The molecule has 1 fully saturated rings. The molecule has 1 heterocycles. The Labute approximate surface area is 116 Å². The van der Waals surface area contributed by atoms with Crippen molar-refractivity contribution in [2.75, 3.05) is 26.4 Å². The fourth-order valence-electron chi connectivity index (χ4n) is 2.27.